The van der Waals surface area contributed by atoms with Gasteiger partial charge in [-0.2, -0.15) is 0 Å². The van der Waals surface area contributed by atoms with Crippen molar-refractivity contribution in [3.8, 4) is 0 Å². The topological polar surface area (TPSA) is 62.2 Å². The summed E-state index contributed by atoms with van der Waals surface area (Å²) in [6.07, 6.45) is 4.43. The monoisotopic (exact) mass is 317 g/mol. The molecule has 0 fully saturated rings. The van der Waals surface area contributed by atoms with Crippen LogP contribution < -0.4 is 10.6 Å². The molecule has 0 aliphatic carbocycles. The van der Waals surface area contributed by atoms with Gasteiger partial charge in [0.25, 0.3) is 0 Å². The maximum atomic E-state index is 5.78. The first kappa shape index (κ1) is 16.2. The molecule has 5 nitrogen and oxygen atoms in total. The quantitative estimate of drug-likeness (QED) is 0.488. The zero-order valence-electron chi connectivity index (χ0n) is 12.6. The van der Waals surface area contributed by atoms with Crippen molar-refractivity contribution in [3.63, 3.8) is 0 Å². The number of nitrogens with zero attached hydrogens (tertiary/aromatic N) is 3. The fourth-order valence-electron chi connectivity index (χ4n) is 1.87. The van der Waals surface area contributed by atoms with Crippen molar-refractivity contribution >= 4 is 17.6 Å². The van der Waals surface area contributed by atoms with Gasteiger partial charge in [-0.15, -0.1) is 0 Å². The van der Waals surface area contributed by atoms with E-state index in [-0.39, 0.29) is 0 Å². The normalized spacial score (nSPS) is 11.3. The van der Waals surface area contributed by atoms with Gasteiger partial charge in [-0.25, -0.2) is 9.98 Å². The molecule has 2 rings (SSSR count). The SMILES string of the molecule is CCNC(=NCc1ccccn1)NCCc1ccc(Cl)nc1. The van der Waals surface area contributed by atoms with Gasteiger partial charge in [-0.1, -0.05) is 23.7 Å². The number of nitrogens with one attached hydrogen (secondary N) is 2. The number of pyridine rings is 2. The summed E-state index contributed by atoms with van der Waals surface area (Å²) in [7, 11) is 0. The average Bonchev–Trinajstić information content (AvgIpc) is 2.55. The van der Waals surface area contributed by atoms with E-state index in [1.54, 1.807) is 18.5 Å². The molecule has 0 bridgehead atoms. The van der Waals surface area contributed by atoms with Crippen LogP contribution in [-0.2, 0) is 13.0 Å². The highest BCUT2D eigenvalue weighted by atomic mass is 35.5. The van der Waals surface area contributed by atoms with Gasteiger partial charge in [0.1, 0.15) is 5.15 Å². The maximum absolute atomic E-state index is 5.78. The fraction of sp³-hybridized carbons (Fsp3) is 0.312. The van der Waals surface area contributed by atoms with E-state index in [0.717, 1.165) is 36.7 Å². The summed E-state index contributed by atoms with van der Waals surface area (Å²) in [5, 5.41) is 7.04. The first-order valence-corrected chi connectivity index (χ1v) is 7.68. The van der Waals surface area contributed by atoms with E-state index in [1.807, 2.05) is 31.2 Å². The smallest absolute Gasteiger partial charge is 0.191 e. The molecule has 0 amide bonds. The number of aliphatic imine (C=N–C) groups is 1. The van der Waals surface area contributed by atoms with Crippen LogP contribution in [-0.4, -0.2) is 29.0 Å². The van der Waals surface area contributed by atoms with Crippen molar-refractivity contribution in [1.82, 2.24) is 20.6 Å². The van der Waals surface area contributed by atoms with Gasteiger partial charge in [0, 0.05) is 25.5 Å². The Kier molecular flexibility index (Phi) is 6.64. The van der Waals surface area contributed by atoms with Gasteiger partial charge in [0.15, 0.2) is 5.96 Å². The molecule has 2 aromatic heterocycles. The summed E-state index contributed by atoms with van der Waals surface area (Å²) >= 11 is 5.78. The number of rotatable bonds is 6. The van der Waals surface area contributed by atoms with E-state index in [2.05, 4.69) is 25.6 Å². The Morgan fingerprint density at radius 3 is 2.77 bits per heavy atom. The Labute approximate surface area is 135 Å². The molecule has 0 atom stereocenters. The Hall–Kier alpha value is -2.14. The van der Waals surface area contributed by atoms with Gasteiger partial charge < -0.3 is 10.6 Å². The molecule has 0 saturated heterocycles. The molecular formula is C16H20ClN5. The molecule has 0 aliphatic rings. The van der Waals surface area contributed by atoms with E-state index < -0.39 is 0 Å². The molecule has 2 N–H and O–H groups in total. The lowest BCUT2D eigenvalue weighted by molar-refractivity contribution is 0.795. The molecule has 6 heteroatoms. The molecule has 116 valence electrons. The molecule has 0 aromatic carbocycles. The van der Waals surface area contributed by atoms with E-state index in [4.69, 9.17) is 11.6 Å². The van der Waals surface area contributed by atoms with E-state index in [0.29, 0.717) is 11.7 Å². The van der Waals surface area contributed by atoms with Crippen molar-refractivity contribution < 1.29 is 0 Å². The van der Waals surface area contributed by atoms with E-state index in [1.165, 1.54) is 0 Å². The lowest BCUT2D eigenvalue weighted by atomic mass is 10.2. The molecule has 0 spiro atoms. The highest BCUT2D eigenvalue weighted by Crippen LogP contribution is 2.05. The van der Waals surface area contributed by atoms with Crippen LogP contribution in [0.25, 0.3) is 0 Å². The van der Waals surface area contributed by atoms with Crippen LogP contribution in [0.4, 0.5) is 0 Å². The lowest BCUT2D eigenvalue weighted by Gasteiger charge is -2.11. The third-order valence-corrected chi connectivity index (χ3v) is 3.19. The summed E-state index contributed by atoms with van der Waals surface area (Å²) in [5.41, 5.74) is 2.08. The number of guanidine groups is 1. The van der Waals surface area contributed by atoms with Crippen LogP contribution in [0.1, 0.15) is 18.2 Å². The third-order valence-electron chi connectivity index (χ3n) is 2.96. The van der Waals surface area contributed by atoms with Gasteiger partial charge in [0.2, 0.25) is 0 Å². The van der Waals surface area contributed by atoms with Crippen molar-refractivity contribution in [1.29, 1.82) is 0 Å². The second-order valence-electron chi connectivity index (χ2n) is 4.68. The van der Waals surface area contributed by atoms with Crippen molar-refractivity contribution in [2.75, 3.05) is 13.1 Å². The Balaban J connectivity index is 1.84. The Morgan fingerprint density at radius 2 is 2.09 bits per heavy atom. The lowest BCUT2D eigenvalue weighted by Crippen LogP contribution is -2.38. The van der Waals surface area contributed by atoms with Gasteiger partial charge in [0.05, 0.1) is 12.2 Å². The highest BCUT2D eigenvalue weighted by molar-refractivity contribution is 6.29. The summed E-state index contributed by atoms with van der Waals surface area (Å²) in [5.74, 6) is 0.787. The minimum atomic E-state index is 0.516. The second kappa shape index (κ2) is 9.00. The summed E-state index contributed by atoms with van der Waals surface area (Å²) < 4.78 is 0. The first-order chi connectivity index (χ1) is 10.8. The third kappa shape index (κ3) is 5.69. The predicted octanol–water partition coefficient (Wildman–Crippen LogP) is 2.43. The van der Waals surface area contributed by atoms with Crippen molar-refractivity contribution in [2.45, 2.75) is 19.9 Å². The molecule has 2 heterocycles. The molecule has 0 saturated carbocycles. The van der Waals surface area contributed by atoms with Crippen LogP contribution in [0, 0.1) is 0 Å². The maximum Gasteiger partial charge on any atom is 0.191 e. The number of hydrogen-bond acceptors (Lipinski definition) is 3. The van der Waals surface area contributed by atoms with E-state index in [9.17, 15) is 0 Å². The average molecular weight is 318 g/mol. The fourth-order valence-corrected chi connectivity index (χ4v) is 1.98. The molecular weight excluding hydrogens is 298 g/mol. The van der Waals surface area contributed by atoms with E-state index >= 15 is 0 Å². The van der Waals surface area contributed by atoms with Crippen LogP contribution >= 0.6 is 11.6 Å². The van der Waals surface area contributed by atoms with Crippen molar-refractivity contribution in [2.24, 2.45) is 4.99 Å². The largest absolute Gasteiger partial charge is 0.357 e. The molecule has 2 aromatic rings. The zero-order chi connectivity index (χ0) is 15.6. The van der Waals surface area contributed by atoms with Crippen LogP contribution in [0.5, 0.6) is 0 Å². The zero-order valence-corrected chi connectivity index (χ0v) is 13.3. The second-order valence-corrected chi connectivity index (χ2v) is 5.07. The molecule has 22 heavy (non-hydrogen) atoms. The molecule has 0 radical (unpaired) electrons. The standard InChI is InChI=1S/C16H20ClN5/c1-2-18-16(22-12-14-5-3-4-9-19-14)20-10-8-13-6-7-15(17)21-11-13/h3-7,9,11H,2,8,10,12H2,1H3,(H2,18,20,22). The number of aromatic nitrogens is 2. The summed E-state index contributed by atoms with van der Waals surface area (Å²) in [4.78, 5) is 12.9. The molecule has 0 aliphatic heterocycles. The summed E-state index contributed by atoms with van der Waals surface area (Å²) in [6, 6.07) is 9.61. The van der Waals surface area contributed by atoms with Crippen molar-refractivity contribution in [3.05, 3.63) is 59.1 Å². The van der Waals surface area contributed by atoms with Crippen LogP contribution in [0.15, 0.2) is 47.7 Å². The summed E-state index contributed by atoms with van der Waals surface area (Å²) in [6.45, 7) is 4.19. The highest BCUT2D eigenvalue weighted by Gasteiger charge is 1.99. The van der Waals surface area contributed by atoms with Gasteiger partial charge in [-0.05, 0) is 37.1 Å². The van der Waals surface area contributed by atoms with Gasteiger partial charge >= 0.3 is 0 Å². The molecule has 0 unspecified atom stereocenters. The predicted molar refractivity (Wildman–Crippen MR) is 90.0 cm³/mol. The Morgan fingerprint density at radius 1 is 1.18 bits per heavy atom. The van der Waals surface area contributed by atoms with Gasteiger partial charge in [-0.3, -0.25) is 4.98 Å². The first-order valence-electron chi connectivity index (χ1n) is 7.30. The van der Waals surface area contributed by atoms with Crippen LogP contribution in [0.2, 0.25) is 5.15 Å². The minimum absolute atomic E-state index is 0.516. The minimum Gasteiger partial charge on any atom is -0.357 e. The van der Waals surface area contributed by atoms with Crippen LogP contribution in [0.3, 0.4) is 0 Å². The number of hydrogen-bond donors (Lipinski definition) is 2. The Bertz CT molecular complexity index is 583. The number of halogens is 1.